The predicted molar refractivity (Wildman–Crippen MR) is 73.2 cm³/mol. The lowest BCUT2D eigenvalue weighted by molar-refractivity contribution is 0.598. The minimum atomic E-state index is -3.72. The summed E-state index contributed by atoms with van der Waals surface area (Å²) < 4.78 is 28.7. The van der Waals surface area contributed by atoms with Gasteiger partial charge in [0.25, 0.3) is 10.0 Å². The molecule has 1 N–H and O–H groups in total. The normalized spacial score (nSPS) is 11.5. The highest BCUT2D eigenvalue weighted by atomic mass is 79.9. The number of nitrogens with zero attached hydrogens (tertiary/aromatic N) is 2. The van der Waals surface area contributed by atoms with E-state index in [-0.39, 0.29) is 5.03 Å². The van der Waals surface area contributed by atoms with Crippen LogP contribution in [0.1, 0.15) is 0 Å². The number of aryl methyl sites for hydroxylation is 1. The van der Waals surface area contributed by atoms with Crippen LogP contribution in [0, 0.1) is 0 Å². The van der Waals surface area contributed by atoms with Crippen molar-refractivity contribution in [2.75, 3.05) is 4.72 Å². The third kappa shape index (κ3) is 2.85. The van der Waals surface area contributed by atoms with Gasteiger partial charge in [-0.2, -0.15) is 8.42 Å². The van der Waals surface area contributed by atoms with Gasteiger partial charge >= 0.3 is 0 Å². The maximum Gasteiger partial charge on any atom is 0.280 e. The van der Waals surface area contributed by atoms with Crippen LogP contribution in [-0.4, -0.2) is 18.0 Å². The van der Waals surface area contributed by atoms with Crippen molar-refractivity contribution in [3.8, 4) is 0 Å². The Morgan fingerprint density at radius 3 is 2.78 bits per heavy atom. The van der Waals surface area contributed by atoms with Crippen molar-refractivity contribution in [1.29, 1.82) is 0 Å². The van der Waals surface area contributed by atoms with E-state index < -0.39 is 10.0 Å². The number of nitrogens with one attached hydrogen (secondary N) is 1. The third-order valence-corrected chi connectivity index (χ3v) is 4.20. The molecule has 0 atom stereocenters. The Morgan fingerprint density at radius 1 is 1.44 bits per heavy atom. The summed E-state index contributed by atoms with van der Waals surface area (Å²) in [6.45, 7) is 0. The molecule has 0 amide bonds. The van der Waals surface area contributed by atoms with Gasteiger partial charge in [0, 0.05) is 17.7 Å². The summed E-state index contributed by atoms with van der Waals surface area (Å²) in [6.07, 6.45) is 2.82. The van der Waals surface area contributed by atoms with Crippen molar-refractivity contribution in [3.63, 3.8) is 0 Å². The van der Waals surface area contributed by atoms with Crippen molar-refractivity contribution >= 4 is 43.2 Å². The molecular weight excluding hydrogens is 342 g/mol. The smallest absolute Gasteiger partial charge is 0.280 e. The first-order valence-corrected chi connectivity index (χ1v) is 7.50. The number of rotatable bonds is 3. The fourth-order valence-electron chi connectivity index (χ4n) is 1.30. The van der Waals surface area contributed by atoms with Crippen LogP contribution in [0.4, 0.5) is 5.69 Å². The minimum Gasteiger partial charge on any atom is -0.339 e. The summed E-state index contributed by atoms with van der Waals surface area (Å²) in [7, 11) is -2.03. The van der Waals surface area contributed by atoms with E-state index in [2.05, 4.69) is 25.6 Å². The third-order valence-electron chi connectivity index (χ3n) is 2.13. The zero-order chi connectivity index (χ0) is 13.3. The van der Waals surface area contributed by atoms with Gasteiger partial charge in [0.2, 0.25) is 0 Å². The number of aromatic nitrogens is 2. The first-order valence-electron chi connectivity index (χ1n) is 4.84. The monoisotopic (exact) mass is 349 g/mol. The van der Waals surface area contributed by atoms with E-state index in [0.29, 0.717) is 10.7 Å². The molecule has 0 aliphatic carbocycles. The zero-order valence-corrected chi connectivity index (χ0v) is 12.4. The van der Waals surface area contributed by atoms with E-state index in [4.69, 9.17) is 11.6 Å². The molecule has 0 aliphatic heterocycles. The molecule has 1 heterocycles. The molecule has 2 rings (SSSR count). The van der Waals surface area contributed by atoms with Gasteiger partial charge in [-0.15, -0.1) is 0 Å². The number of benzene rings is 1. The largest absolute Gasteiger partial charge is 0.339 e. The van der Waals surface area contributed by atoms with Gasteiger partial charge < -0.3 is 4.57 Å². The molecule has 0 unspecified atom stereocenters. The Balaban J connectivity index is 2.36. The van der Waals surface area contributed by atoms with Crippen molar-refractivity contribution in [2.45, 2.75) is 5.03 Å². The Morgan fingerprint density at radius 2 is 2.17 bits per heavy atom. The van der Waals surface area contributed by atoms with Gasteiger partial charge in [0.05, 0.1) is 17.0 Å². The standard InChI is InChI=1S/C10H9BrClN3O2S/c1-15-5-10(13-6-15)18(16,17)14-9-4-7(11)2-3-8(9)12/h2-6,14H,1H3. The number of anilines is 1. The fourth-order valence-corrected chi connectivity index (χ4v) is 2.94. The Labute approximate surface area is 118 Å². The summed E-state index contributed by atoms with van der Waals surface area (Å²) in [6, 6.07) is 4.91. The topological polar surface area (TPSA) is 64.0 Å². The summed E-state index contributed by atoms with van der Waals surface area (Å²) >= 11 is 9.17. The molecule has 2 aromatic rings. The van der Waals surface area contributed by atoms with Crippen LogP contribution in [0.2, 0.25) is 5.02 Å². The van der Waals surface area contributed by atoms with Crippen molar-refractivity contribution in [3.05, 3.63) is 40.2 Å². The number of halogens is 2. The maximum atomic E-state index is 12.0. The van der Waals surface area contributed by atoms with E-state index in [1.807, 2.05) is 0 Å². The second kappa shape index (κ2) is 4.91. The number of imidazole rings is 1. The van der Waals surface area contributed by atoms with Crippen LogP contribution in [0.15, 0.2) is 40.2 Å². The number of hydrogen-bond donors (Lipinski definition) is 1. The van der Waals surface area contributed by atoms with E-state index in [1.165, 1.54) is 12.5 Å². The highest BCUT2D eigenvalue weighted by Gasteiger charge is 2.18. The highest BCUT2D eigenvalue weighted by Crippen LogP contribution is 2.27. The average molecular weight is 351 g/mol. The van der Waals surface area contributed by atoms with E-state index in [9.17, 15) is 8.42 Å². The molecule has 1 aromatic heterocycles. The summed E-state index contributed by atoms with van der Waals surface area (Å²) in [5, 5.41) is 0.263. The second-order valence-corrected chi connectivity index (χ2v) is 6.56. The first kappa shape index (κ1) is 13.4. The van der Waals surface area contributed by atoms with Crippen LogP contribution in [0.25, 0.3) is 0 Å². The van der Waals surface area contributed by atoms with Crippen LogP contribution < -0.4 is 4.72 Å². The van der Waals surface area contributed by atoms with Crippen LogP contribution in [0.3, 0.4) is 0 Å². The molecule has 0 spiro atoms. The quantitative estimate of drug-likeness (QED) is 0.925. The van der Waals surface area contributed by atoms with Crippen molar-refractivity contribution < 1.29 is 8.42 Å². The second-order valence-electron chi connectivity index (χ2n) is 3.61. The molecule has 18 heavy (non-hydrogen) atoms. The molecule has 0 radical (unpaired) electrons. The Bertz CT molecular complexity index is 684. The summed E-state index contributed by atoms with van der Waals surface area (Å²) in [4.78, 5) is 3.79. The zero-order valence-electron chi connectivity index (χ0n) is 9.26. The lowest BCUT2D eigenvalue weighted by Crippen LogP contribution is -2.13. The van der Waals surface area contributed by atoms with E-state index in [0.717, 1.165) is 4.47 Å². The highest BCUT2D eigenvalue weighted by molar-refractivity contribution is 9.10. The number of hydrogen-bond acceptors (Lipinski definition) is 3. The van der Waals surface area contributed by atoms with Crippen molar-refractivity contribution in [2.24, 2.45) is 7.05 Å². The maximum absolute atomic E-state index is 12.0. The predicted octanol–water partition coefficient (Wildman–Crippen LogP) is 2.64. The van der Waals surface area contributed by atoms with Gasteiger partial charge in [-0.25, -0.2) is 4.98 Å². The average Bonchev–Trinajstić information content (AvgIpc) is 2.71. The molecule has 0 saturated heterocycles. The molecule has 96 valence electrons. The molecule has 0 fully saturated rings. The Kier molecular flexibility index (Phi) is 3.65. The minimum absolute atomic E-state index is 0.0546. The summed E-state index contributed by atoms with van der Waals surface area (Å²) in [5.74, 6) is 0. The molecular formula is C10H9BrClN3O2S. The van der Waals surface area contributed by atoms with Gasteiger partial charge in [-0.1, -0.05) is 27.5 Å². The van der Waals surface area contributed by atoms with Crippen LogP contribution in [-0.2, 0) is 17.1 Å². The lowest BCUT2D eigenvalue weighted by atomic mass is 10.3. The molecule has 5 nitrogen and oxygen atoms in total. The molecule has 0 saturated carbocycles. The van der Waals surface area contributed by atoms with E-state index in [1.54, 1.807) is 29.8 Å². The number of sulfonamides is 1. The van der Waals surface area contributed by atoms with Crippen LogP contribution >= 0.6 is 27.5 Å². The van der Waals surface area contributed by atoms with Crippen LogP contribution in [0.5, 0.6) is 0 Å². The van der Waals surface area contributed by atoms with Crippen molar-refractivity contribution in [1.82, 2.24) is 9.55 Å². The summed E-state index contributed by atoms with van der Waals surface area (Å²) in [5.41, 5.74) is 0.302. The van der Waals surface area contributed by atoms with E-state index >= 15 is 0 Å². The molecule has 8 heteroatoms. The van der Waals surface area contributed by atoms with Gasteiger partial charge in [0.1, 0.15) is 0 Å². The molecule has 1 aromatic carbocycles. The van der Waals surface area contributed by atoms with Gasteiger partial charge in [0.15, 0.2) is 5.03 Å². The van der Waals surface area contributed by atoms with Gasteiger partial charge in [-0.05, 0) is 18.2 Å². The molecule has 0 aliphatic rings. The van der Waals surface area contributed by atoms with Gasteiger partial charge in [-0.3, -0.25) is 4.72 Å². The first-order chi connectivity index (χ1) is 8.38. The lowest BCUT2D eigenvalue weighted by Gasteiger charge is -2.07. The fraction of sp³-hybridized carbons (Fsp3) is 0.100. The Hall–Kier alpha value is -1.05. The molecule has 0 bridgehead atoms. The SMILES string of the molecule is Cn1cnc(S(=O)(=O)Nc2cc(Br)ccc2Cl)c1.